The SMILES string of the molecule is Oc1cccc(Cc2c(-c3cccc(O)c3)cc(-c3cccc(O)c3)c[n+]2Cc2cccc(O)c2)c1. The van der Waals surface area contributed by atoms with Gasteiger partial charge in [0.25, 0.3) is 0 Å². The molecule has 0 aliphatic rings. The third-order valence-electron chi connectivity index (χ3n) is 6.13. The maximum Gasteiger partial charge on any atom is 0.193 e. The number of benzene rings is 4. The maximum atomic E-state index is 10.2. The molecule has 5 nitrogen and oxygen atoms in total. The van der Waals surface area contributed by atoms with Crippen LogP contribution in [0, 0.1) is 0 Å². The highest BCUT2D eigenvalue weighted by Gasteiger charge is 2.22. The van der Waals surface area contributed by atoms with Crippen molar-refractivity contribution in [3.63, 3.8) is 0 Å². The highest BCUT2D eigenvalue weighted by molar-refractivity contribution is 5.74. The van der Waals surface area contributed by atoms with Crippen molar-refractivity contribution in [3.8, 4) is 45.3 Å². The van der Waals surface area contributed by atoms with Gasteiger partial charge in [-0.3, -0.25) is 0 Å². The summed E-state index contributed by atoms with van der Waals surface area (Å²) in [4.78, 5) is 0. The molecule has 4 N–H and O–H groups in total. The third kappa shape index (κ3) is 5.15. The molecule has 4 aromatic carbocycles. The molecule has 0 amide bonds. The summed E-state index contributed by atoms with van der Waals surface area (Å²) in [6.07, 6.45) is 2.56. The molecule has 0 bridgehead atoms. The molecule has 0 aliphatic heterocycles. The van der Waals surface area contributed by atoms with E-state index >= 15 is 0 Å². The molecule has 0 radical (unpaired) electrons. The fraction of sp³-hybridized carbons (Fsp3) is 0.0645. The van der Waals surface area contributed by atoms with Crippen molar-refractivity contribution >= 4 is 0 Å². The van der Waals surface area contributed by atoms with Crippen LogP contribution in [-0.4, -0.2) is 20.4 Å². The van der Waals surface area contributed by atoms with Gasteiger partial charge in [-0.05, 0) is 71.3 Å². The third-order valence-corrected chi connectivity index (χ3v) is 6.13. The van der Waals surface area contributed by atoms with Gasteiger partial charge in [-0.15, -0.1) is 0 Å². The van der Waals surface area contributed by atoms with Crippen molar-refractivity contribution in [1.29, 1.82) is 0 Å². The maximum absolute atomic E-state index is 10.2. The van der Waals surface area contributed by atoms with Crippen LogP contribution in [0.3, 0.4) is 0 Å². The van der Waals surface area contributed by atoms with Crippen molar-refractivity contribution in [2.75, 3.05) is 0 Å². The van der Waals surface area contributed by atoms with Gasteiger partial charge in [0, 0.05) is 11.1 Å². The molecule has 0 aliphatic carbocycles. The zero-order valence-electron chi connectivity index (χ0n) is 19.5. The first-order valence-corrected chi connectivity index (χ1v) is 11.7. The van der Waals surface area contributed by atoms with Crippen LogP contribution in [0.25, 0.3) is 22.3 Å². The van der Waals surface area contributed by atoms with Crippen LogP contribution in [0.1, 0.15) is 16.8 Å². The molecule has 5 rings (SSSR count). The molecular formula is C31H26NO4+. The molecule has 1 heterocycles. The zero-order chi connectivity index (χ0) is 25.1. The summed E-state index contributed by atoms with van der Waals surface area (Å²) >= 11 is 0. The molecule has 0 saturated heterocycles. The second kappa shape index (κ2) is 9.84. The second-order valence-electron chi connectivity index (χ2n) is 8.83. The van der Waals surface area contributed by atoms with E-state index in [1.807, 2.05) is 48.7 Å². The first-order chi connectivity index (χ1) is 17.4. The van der Waals surface area contributed by atoms with E-state index < -0.39 is 0 Å². The fourth-order valence-corrected chi connectivity index (χ4v) is 4.49. The van der Waals surface area contributed by atoms with Crippen molar-refractivity contribution in [3.05, 3.63) is 126 Å². The molecule has 5 aromatic rings. The van der Waals surface area contributed by atoms with Gasteiger partial charge in [-0.25, -0.2) is 0 Å². The minimum Gasteiger partial charge on any atom is -0.508 e. The zero-order valence-corrected chi connectivity index (χ0v) is 19.5. The number of rotatable bonds is 6. The van der Waals surface area contributed by atoms with Gasteiger partial charge in [-0.1, -0.05) is 48.5 Å². The Bertz CT molecular complexity index is 1540. The van der Waals surface area contributed by atoms with Crippen molar-refractivity contribution in [1.82, 2.24) is 0 Å². The smallest absolute Gasteiger partial charge is 0.193 e. The molecule has 0 unspecified atom stereocenters. The number of phenols is 4. The summed E-state index contributed by atoms with van der Waals surface area (Å²) in [6.45, 7) is 0.487. The average molecular weight is 477 g/mol. The van der Waals surface area contributed by atoms with Crippen molar-refractivity contribution in [2.45, 2.75) is 13.0 Å². The van der Waals surface area contributed by atoms with Crippen LogP contribution in [0.15, 0.2) is 109 Å². The fourth-order valence-electron chi connectivity index (χ4n) is 4.49. The predicted molar refractivity (Wildman–Crippen MR) is 139 cm³/mol. The summed E-state index contributed by atoms with van der Waals surface area (Å²) in [5.74, 6) is 0.732. The van der Waals surface area contributed by atoms with E-state index in [0.717, 1.165) is 39.1 Å². The lowest BCUT2D eigenvalue weighted by Gasteiger charge is -2.14. The van der Waals surface area contributed by atoms with Gasteiger partial charge in [0.1, 0.15) is 23.0 Å². The predicted octanol–water partition coefficient (Wildman–Crippen LogP) is 5.77. The van der Waals surface area contributed by atoms with Crippen LogP contribution in [-0.2, 0) is 13.0 Å². The summed E-state index contributed by atoms with van der Waals surface area (Å²) < 4.78 is 2.12. The lowest BCUT2D eigenvalue weighted by atomic mass is 9.95. The Balaban J connectivity index is 1.75. The summed E-state index contributed by atoms with van der Waals surface area (Å²) in [7, 11) is 0. The van der Waals surface area contributed by atoms with Gasteiger partial charge in [-0.2, -0.15) is 4.57 Å². The normalized spacial score (nSPS) is 10.9. The van der Waals surface area contributed by atoms with Gasteiger partial charge >= 0.3 is 0 Å². The summed E-state index contributed by atoms with van der Waals surface area (Å²) in [5, 5.41) is 40.5. The number of hydrogen-bond acceptors (Lipinski definition) is 4. The molecule has 1 aromatic heterocycles. The van der Waals surface area contributed by atoms with Gasteiger partial charge < -0.3 is 20.4 Å². The first-order valence-electron chi connectivity index (χ1n) is 11.7. The lowest BCUT2D eigenvalue weighted by Crippen LogP contribution is -2.40. The number of aromatic nitrogens is 1. The van der Waals surface area contributed by atoms with Crippen LogP contribution < -0.4 is 4.57 Å². The van der Waals surface area contributed by atoms with Gasteiger partial charge in [0.15, 0.2) is 18.4 Å². The summed E-state index contributed by atoms with van der Waals surface area (Å²) in [5.41, 5.74) is 6.33. The highest BCUT2D eigenvalue weighted by Crippen LogP contribution is 2.32. The number of hydrogen-bond donors (Lipinski definition) is 4. The summed E-state index contributed by atoms with van der Waals surface area (Å²) in [6, 6.07) is 30.6. The molecule has 0 spiro atoms. The van der Waals surface area contributed by atoms with E-state index in [4.69, 9.17) is 0 Å². The number of phenolic OH excluding ortho intramolecular Hbond substituents is 4. The van der Waals surface area contributed by atoms with Crippen molar-refractivity contribution in [2.24, 2.45) is 0 Å². The Morgan fingerprint density at radius 3 is 1.67 bits per heavy atom. The van der Waals surface area contributed by atoms with E-state index in [1.165, 1.54) is 0 Å². The largest absolute Gasteiger partial charge is 0.508 e. The Hall–Kier alpha value is -4.77. The Kier molecular flexibility index (Phi) is 6.29. The van der Waals surface area contributed by atoms with Crippen molar-refractivity contribution < 1.29 is 25.0 Å². The molecule has 5 heteroatoms. The van der Waals surface area contributed by atoms with E-state index in [9.17, 15) is 20.4 Å². The van der Waals surface area contributed by atoms with Crippen LogP contribution >= 0.6 is 0 Å². The monoisotopic (exact) mass is 476 g/mol. The molecule has 178 valence electrons. The van der Waals surface area contributed by atoms with Gasteiger partial charge in [0.2, 0.25) is 0 Å². The highest BCUT2D eigenvalue weighted by atomic mass is 16.3. The minimum atomic E-state index is 0.165. The average Bonchev–Trinajstić information content (AvgIpc) is 2.85. The van der Waals surface area contributed by atoms with E-state index in [2.05, 4.69) is 10.6 Å². The lowest BCUT2D eigenvalue weighted by molar-refractivity contribution is -0.694. The molecule has 36 heavy (non-hydrogen) atoms. The Labute approximate surface area is 209 Å². The van der Waals surface area contributed by atoms with E-state index in [-0.39, 0.29) is 23.0 Å². The van der Waals surface area contributed by atoms with Crippen LogP contribution in [0.2, 0.25) is 0 Å². The van der Waals surface area contributed by atoms with E-state index in [1.54, 1.807) is 54.6 Å². The van der Waals surface area contributed by atoms with Gasteiger partial charge in [0.05, 0.1) is 12.0 Å². The van der Waals surface area contributed by atoms with Crippen LogP contribution in [0.4, 0.5) is 0 Å². The Morgan fingerprint density at radius 1 is 0.500 bits per heavy atom. The molecule has 0 fully saturated rings. The number of pyridine rings is 1. The first kappa shape index (κ1) is 23.0. The Morgan fingerprint density at radius 2 is 1.03 bits per heavy atom. The minimum absolute atomic E-state index is 0.165. The number of aromatic hydroxyl groups is 4. The standard InChI is InChI=1S/C31H25NO4/c33-26-9-1-5-21(13-26)15-31-30(24-8-4-12-29(36)17-24)18-25(23-7-3-11-28(35)16-23)20-32(31)19-22-6-2-10-27(34)14-22/h1-14,16-18,20H,15,19H2,(H3-,33,34,35,36)/p+1. The molecule has 0 atom stereocenters. The topological polar surface area (TPSA) is 84.8 Å². The van der Waals surface area contributed by atoms with E-state index in [0.29, 0.717) is 13.0 Å². The quantitative estimate of drug-likeness (QED) is 0.235. The second-order valence-corrected chi connectivity index (χ2v) is 8.83. The molecular weight excluding hydrogens is 450 g/mol. The molecule has 0 saturated carbocycles. The van der Waals surface area contributed by atoms with Crippen LogP contribution in [0.5, 0.6) is 23.0 Å². The number of nitrogens with zero attached hydrogens (tertiary/aromatic N) is 1.